The predicted octanol–water partition coefficient (Wildman–Crippen LogP) is 5.96. The van der Waals surface area contributed by atoms with E-state index < -0.39 is 73.2 Å². The van der Waals surface area contributed by atoms with E-state index in [9.17, 15) is 30.8 Å². The Morgan fingerprint density at radius 3 is 1.57 bits per heavy atom. The first-order valence-corrected chi connectivity index (χ1v) is 12.9. The molecule has 3 aliphatic rings. The number of esters is 1. The number of hydrogen-bond donors (Lipinski definition) is 1. The second-order valence-corrected chi connectivity index (χ2v) is 11.8. The van der Waals surface area contributed by atoms with E-state index in [4.69, 9.17) is 9.29 Å². The second-order valence-electron chi connectivity index (χ2n) is 10.4. The molecule has 2 atom stereocenters. The minimum atomic E-state index is -5.65. The lowest BCUT2D eigenvalue weighted by Crippen LogP contribution is -2.49. The molecule has 0 aromatic heterocycles. The molecule has 0 spiro atoms. The summed E-state index contributed by atoms with van der Waals surface area (Å²) in [6.45, 7) is 5.77. The van der Waals surface area contributed by atoms with E-state index in [0.29, 0.717) is 0 Å². The van der Waals surface area contributed by atoms with Crippen molar-refractivity contribution in [2.45, 2.75) is 37.5 Å². The lowest BCUT2D eigenvalue weighted by molar-refractivity contribution is -0.145. The number of fused-ring (bicyclic) bond motifs is 1. The zero-order valence-electron chi connectivity index (χ0n) is 19.9. The Hall–Kier alpha value is -3.24. The second kappa shape index (κ2) is 8.39. The van der Waals surface area contributed by atoms with Crippen LogP contribution in [0.1, 0.15) is 54.9 Å². The van der Waals surface area contributed by atoms with Crippen molar-refractivity contribution in [2.24, 2.45) is 17.3 Å². The summed E-state index contributed by atoms with van der Waals surface area (Å²) in [6.07, 6.45) is 0. The van der Waals surface area contributed by atoms with Crippen LogP contribution in [0.5, 0.6) is 5.75 Å². The third-order valence-electron chi connectivity index (χ3n) is 7.35. The van der Waals surface area contributed by atoms with Crippen LogP contribution in [0.3, 0.4) is 0 Å². The molecular formula is C27H22F4O5S. The first kappa shape index (κ1) is 25.4. The maximum absolute atomic E-state index is 14.7. The third-order valence-corrected chi connectivity index (χ3v) is 8.23. The van der Waals surface area contributed by atoms with E-state index in [1.54, 1.807) is 0 Å². The highest BCUT2D eigenvalue weighted by Crippen LogP contribution is 2.62. The summed E-state index contributed by atoms with van der Waals surface area (Å²) < 4.78 is 94.8. The minimum Gasteiger partial charge on any atom is -0.420 e. The fraction of sp³-hybridized carbons (Fsp3) is 0.296. The first-order valence-electron chi connectivity index (χ1n) is 11.5. The maximum Gasteiger partial charge on any atom is 0.315 e. The molecule has 0 aliphatic heterocycles. The molecule has 194 valence electrons. The van der Waals surface area contributed by atoms with E-state index in [1.165, 1.54) is 0 Å². The average molecular weight is 535 g/mol. The van der Waals surface area contributed by atoms with Gasteiger partial charge in [0.2, 0.25) is 17.4 Å². The van der Waals surface area contributed by atoms with Gasteiger partial charge in [-0.05, 0) is 33.6 Å². The standard InChI is InChI=1S/C27H22F4O5S/c1-27(2,3)19-17-14-10-6-4-8-12(14)16(13-9-5-7-11-15(13)17)18(19)26(32)36-24-20(28)22(30)25(37(33,34)35)23(31)21(24)29/h4-11,16-19H,1-3H3,(H,33,34,35). The Morgan fingerprint density at radius 1 is 0.784 bits per heavy atom. The van der Waals surface area contributed by atoms with Crippen LogP contribution in [-0.4, -0.2) is 18.9 Å². The topological polar surface area (TPSA) is 80.7 Å². The molecule has 0 heterocycles. The number of ether oxygens (including phenoxy) is 1. The Bertz CT molecular complexity index is 1480. The van der Waals surface area contributed by atoms with Gasteiger partial charge in [0.15, 0.2) is 16.5 Å². The van der Waals surface area contributed by atoms with Crippen molar-refractivity contribution < 1.29 is 40.1 Å². The zero-order chi connectivity index (χ0) is 27.0. The van der Waals surface area contributed by atoms with Crippen LogP contribution >= 0.6 is 0 Å². The fourth-order valence-corrected chi connectivity index (χ4v) is 6.71. The largest absolute Gasteiger partial charge is 0.420 e. The molecule has 3 aliphatic carbocycles. The van der Waals surface area contributed by atoms with Crippen LogP contribution in [0.2, 0.25) is 0 Å². The van der Waals surface area contributed by atoms with Gasteiger partial charge in [-0.1, -0.05) is 69.3 Å². The molecule has 3 aromatic carbocycles. The molecule has 6 rings (SSSR count). The SMILES string of the molecule is CC(C)(C)C1C2c3ccccc3C(c3ccccc32)C1C(=O)Oc1c(F)c(F)c(S(=O)(=O)O)c(F)c1F. The van der Waals surface area contributed by atoms with Gasteiger partial charge in [-0.2, -0.15) is 17.2 Å². The lowest BCUT2D eigenvalue weighted by Gasteiger charge is -2.54. The highest BCUT2D eigenvalue weighted by Gasteiger charge is 2.56. The normalized spacial score (nSPS) is 22.4. The molecule has 0 saturated heterocycles. The molecule has 0 saturated carbocycles. The summed E-state index contributed by atoms with van der Waals surface area (Å²) in [5, 5.41) is 0. The van der Waals surface area contributed by atoms with E-state index in [1.807, 2.05) is 69.3 Å². The minimum absolute atomic E-state index is 0.264. The molecule has 3 aromatic rings. The fourth-order valence-electron chi connectivity index (χ4n) is 6.08. The Kier molecular flexibility index (Phi) is 5.76. The predicted molar refractivity (Wildman–Crippen MR) is 125 cm³/mol. The number of rotatable bonds is 3. The van der Waals surface area contributed by atoms with Crippen LogP contribution in [0.4, 0.5) is 17.6 Å². The van der Waals surface area contributed by atoms with Gasteiger partial charge in [-0.3, -0.25) is 9.35 Å². The van der Waals surface area contributed by atoms with Crippen LogP contribution < -0.4 is 4.74 Å². The molecule has 10 heteroatoms. The van der Waals surface area contributed by atoms with Gasteiger partial charge in [0.05, 0.1) is 5.92 Å². The lowest BCUT2D eigenvalue weighted by atomic mass is 9.49. The van der Waals surface area contributed by atoms with Crippen molar-refractivity contribution in [3.63, 3.8) is 0 Å². The van der Waals surface area contributed by atoms with Crippen molar-refractivity contribution in [1.29, 1.82) is 0 Å². The van der Waals surface area contributed by atoms with Gasteiger partial charge in [0.25, 0.3) is 0 Å². The molecule has 1 N–H and O–H groups in total. The van der Waals surface area contributed by atoms with E-state index >= 15 is 0 Å². The van der Waals surface area contributed by atoms with Crippen molar-refractivity contribution in [3.8, 4) is 5.75 Å². The van der Waals surface area contributed by atoms with Crippen molar-refractivity contribution in [3.05, 3.63) is 94.1 Å². The Labute approximate surface area is 210 Å². The first-order chi connectivity index (χ1) is 17.2. The summed E-state index contributed by atoms with van der Waals surface area (Å²) in [6, 6.07) is 15.1. The van der Waals surface area contributed by atoms with Gasteiger partial charge < -0.3 is 4.74 Å². The third kappa shape index (κ3) is 3.76. The molecule has 0 amide bonds. The zero-order valence-corrected chi connectivity index (χ0v) is 20.7. The number of benzene rings is 3. The van der Waals surface area contributed by atoms with Crippen LogP contribution in [-0.2, 0) is 14.9 Å². The highest BCUT2D eigenvalue weighted by molar-refractivity contribution is 7.85. The summed E-state index contributed by atoms with van der Waals surface area (Å²) >= 11 is 0. The quantitative estimate of drug-likeness (QED) is 0.147. The smallest absolute Gasteiger partial charge is 0.315 e. The van der Waals surface area contributed by atoms with Gasteiger partial charge in [0.1, 0.15) is 0 Å². The summed E-state index contributed by atoms with van der Waals surface area (Å²) in [4.78, 5) is 11.5. The Balaban J connectivity index is 1.68. The molecule has 2 unspecified atom stereocenters. The number of carbonyl (C=O) groups excluding carboxylic acids is 1. The summed E-state index contributed by atoms with van der Waals surface area (Å²) in [7, 11) is -5.65. The average Bonchev–Trinajstić information content (AvgIpc) is 2.83. The molecule has 0 radical (unpaired) electrons. The number of hydrogen-bond acceptors (Lipinski definition) is 4. The van der Waals surface area contributed by atoms with Gasteiger partial charge in [-0.15, -0.1) is 0 Å². The van der Waals surface area contributed by atoms with Gasteiger partial charge in [0, 0.05) is 11.8 Å². The number of carbonyl (C=O) groups is 1. The molecular weight excluding hydrogens is 512 g/mol. The summed E-state index contributed by atoms with van der Waals surface area (Å²) in [5.74, 6) is -14.3. The molecule has 37 heavy (non-hydrogen) atoms. The Morgan fingerprint density at radius 2 is 1.19 bits per heavy atom. The summed E-state index contributed by atoms with van der Waals surface area (Å²) in [5.41, 5.74) is 3.20. The van der Waals surface area contributed by atoms with E-state index in [0.717, 1.165) is 22.3 Å². The van der Waals surface area contributed by atoms with Crippen LogP contribution in [0.15, 0.2) is 53.4 Å². The molecule has 2 bridgehead atoms. The number of halogens is 4. The molecule has 0 fully saturated rings. The van der Waals surface area contributed by atoms with E-state index in [-0.39, 0.29) is 5.92 Å². The molecule has 5 nitrogen and oxygen atoms in total. The maximum atomic E-state index is 14.7. The van der Waals surface area contributed by atoms with Gasteiger partial charge in [-0.25, -0.2) is 8.78 Å². The van der Waals surface area contributed by atoms with Crippen molar-refractivity contribution in [2.75, 3.05) is 0 Å². The van der Waals surface area contributed by atoms with Crippen LogP contribution in [0.25, 0.3) is 0 Å². The van der Waals surface area contributed by atoms with Gasteiger partial charge >= 0.3 is 16.1 Å². The van der Waals surface area contributed by atoms with Crippen LogP contribution in [0, 0.1) is 40.5 Å². The highest BCUT2D eigenvalue weighted by atomic mass is 32.2. The van der Waals surface area contributed by atoms with E-state index in [2.05, 4.69) is 0 Å². The van der Waals surface area contributed by atoms with Crippen molar-refractivity contribution >= 4 is 16.1 Å². The monoisotopic (exact) mass is 534 g/mol. The van der Waals surface area contributed by atoms with Crippen molar-refractivity contribution in [1.82, 2.24) is 0 Å².